The van der Waals surface area contributed by atoms with Gasteiger partial charge >= 0.3 is 33.6 Å². The monoisotopic (exact) mass is 1350 g/mol. The molecule has 0 fully saturated rings. The molecular formula is C75H128O16P2. The van der Waals surface area contributed by atoms with Crippen molar-refractivity contribution in [2.45, 2.75) is 296 Å². The number of esters is 3. The van der Waals surface area contributed by atoms with Crippen LogP contribution in [0.5, 0.6) is 0 Å². The number of carbonyl (C=O) groups excluding carboxylic acids is 3. The lowest BCUT2D eigenvalue weighted by molar-refractivity contribution is -0.161. The van der Waals surface area contributed by atoms with Gasteiger partial charge in [0.2, 0.25) is 0 Å². The SMILES string of the molecule is CC/C=C\C/C=C\C/C=C\C/C=C\C/C=C\C/C=C\CCCCCCCCC(=O)OCC(O)COP(=O)(O)OCC(O)COP(=O)(O)OCC(COC(=O)CCCCCC/C=C\C/C=C\C/C=C\C/C=C\CC)OC(=O)CCCCCCCCCCCCCCCCC. The Kier molecular flexibility index (Phi) is 65.0. The van der Waals surface area contributed by atoms with E-state index in [2.05, 4.69) is 142 Å². The fraction of sp³-hybridized carbons (Fsp3) is 0.693. The van der Waals surface area contributed by atoms with Gasteiger partial charge in [-0.3, -0.25) is 32.5 Å². The molecule has 0 saturated carbocycles. The summed E-state index contributed by atoms with van der Waals surface area (Å²) < 4.78 is 60.9. The zero-order chi connectivity index (χ0) is 68.1. The summed E-state index contributed by atoms with van der Waals surface area (Å²) >= 11 is 0. The molecule has 93 heavy (non-hydrogen) atoms. The number of phosphoric ester groups is 2. The van der Waals surface area contributed by atoms with Crippen molar-refractivity contribution in [3.63, 3.8) is 0 Å². The molecule has 0 aromatic rings. The highest BCUT2D eigenvalue weighted by atomic mass is 31.2. The summed E-state index contributed by atoms with van der Waals surface area (Å²) in [6, 6.07) is 0. The second-order valence-electron chi connectivity index (χ2n) is 23.6. The van der Waals surface area contributed by atoms with Gasteiger partial charge in [-0.25, -0.2) is 9.13 Å². The van der Waals surface area contributed by atoms with E-state index in [0.717, 1.165) is 154 Å². The first kappa shape index (κ1) is 89.0. The number of unbranched alkanes of at least 4 members (excludes halogenated alkanes) is 24. The van der Waals surface area contributed by atoms with Crippen LogP contribution >= 0.6 is 15.6 Å². The molecule has 16 nitrogen and oxygen atoms in total. The molecule has 0 saturated heterocycles. The molecule has 0 aliphatic rings. The first-order valence-corrected chi connectivity index (χ1v) is 38.8. The normalized spacial score (nSPS) is 14.9. The van der Waals surface area contributed by atoms with Crippen molar-refractivity contribution >= 4 is 33.6 Å². The van der Waals surface area contributed by atoms with Crippen molar-refractivity contribution < 1.29 is 75.8 Å². The van der Waals surface area contributed by atoms with Crippen molar-refractivity contribution in [3.05, 3.63) is 122 Å². The maximum atomic E-state index is 12.9. The first-order chi connectivity index (χ1) is 45.2. The van der Waals surface area contributed by atoms with Crippen molar-refractivity contribution in [1.82, 2.24) is 0 Å². The smallest absolute Gasteiger partial charge is 0.463 e. The van der Waals surface area contributed by atoms with Gasteiger partial charge in [0.25, 0.3) is 0 Å². The van der Waals surface area contributed by atoms with E-state index in [9.17, 15) is 43.5 Å². The summed E-state index contributed by atoms with van der Waals surface area (Å²) in [6.45, 7) is 2.41. The Morgan fingerprint density at radius 1 is 0.312 bits per heavy atom. The van der Waals surface area contributed by atoms with Gasteiger partial charge in [-0.05, 0) is 109 Å². The largest absolute Gasteiger partial charge is 0.472 e. The van der Waals surface area contributed by atoms with Gasteiger partial charge in [-0.2, -0.15) is 0 Å². The molecule has 0 radical (unpaired) electrons. The van der Waals surface area contributed by atoms with E-state index in [1.54, 1.807) is 0 Å². The summed E-state index contributed by atoms with van der Waals surface area (Å²) in [5, 5.41) is 20.6. The number of hydrogen-bond donors (Lipinski definition) is 4. The standard InChI is InChI=1S/C75H128O16P2/c1-4-7-10-13-16-19-22-25-28-30-31-32-33-34-35-36-37-39-42-43-46-49-52-55-58-61-73(78)85-64-70(76)65-87-92(81,82)88-66-71(77)67-89-93(83,84)90-69-72(91-75(80)63-60-57-54-51-48-45-40-27-24-21-18-15-12-9-6-3)68-86-74(79)62-59-56-53-50-47-44-41-38-29-26-23-20-17-14-11-8-5-2/h7-8,10-11,16-17,19-20,25-26,28-29,31-32,34-35,37,39,41,44,70-72,76-77H,4-6,9,12-15,18,21-24,27,30,33,36,38,40,42-43,45-69H2,1-3H3,(H,81,82)(H,83,84)/b10-7-,11-8-,19-16-,20-17-,28-25-,29-26-,32-31-,35-34-,39-37-,44-41-. The summed E-state index contributed by atoms with van der Waals surface area (Å²) in [4.78, 5) is 58.5. The van der Waals surface area contributed by atoms with Crippen molar-refractivity contribution in [2.24, 2.45) is 0 Å². The molecule has 18 heteroatoms. The van der Waals surface area contributed by atoms with Gasteiger partial charge < -0.3 is 34.2 Å². The predicted molar refractivity (Wildman–Crippen MR) is 380 cm³/mol. The molecule has 0 bridgehead atoms. The number of carbonyl (C=O) groups is 3. The Hall–Kier alpha value is -4.05. The number of hydrogen-bond acceptors (Lipinski definition) is 14. The zero-order valence-corrected chi connectivity index (χ0v) is 59.7. The fourth-order valence-electron chi connectivity index (χ4n) is 9.27. The van der Waals surface area contributed by atoms with Crippen LogP contribution in [-0.4, -0.2) is 95.9 Å². The second kappa shape index (κ2) is 67.9. The third-order valence-corrected chi connectivity index (χ3v) is 16.6. The number of aliphatic hydroxyl groups is 2. The predicted octanol–water partition coefficient (Wildman–Crippen LogP) is 20.2. The van der Waals surface area contributed by atoms with Crippen LogP contribution in [0.4, 0.5) is 0 Å². The number of phosphoric acid groups is 2. The van der Waals surface area contributed by atoms with Crippen LogP contribution in [0.1, 0.15) is 278 Å². The number of aliphatic hydroxyl groups excluding tert-OH is 2. The molecule has 0 rings (SSSR count). The van der Waals surface area contributed by atoms with Gasteiger partial charge in [0.15, 0.2) is 6.10 Å². The minimum Gasteiger partial charge on any atom is -0.463 e. The van der Waals surface area contributed by atoms with E-state index >= 15 is 0 Å². The summed E-state index contributed by atoms with van der Waals surface area (Å²) in [7, 11) is -9.79. The second-order valence-corrected chi connectivity index (χ2v) is 26.5. The molecule has 0 amide bonds. The van der Waals surface area contributed by atoms with E-state index in [4.69, 9.17) is 32.3 Å². The van der Waals surface area contributed by atoms with Crippen molar-refractivity contribution in [2.75, 3.05) is 39.6 Å². The summed E-state index contributed by atoms with van der Waals surface area (Å²) in [6.07, 6.45) is 78.1. The van der Waals surface area contributed by atoms with E-state index in [1.165, 1.54) is 64.2 Å². The maximum absolute atomic E-state index is 12.9. The van der Waals surface area contributed by atoms with Crippen LogP contribution in [0, 0.1) is 0 Å². The summed E-state index contributed by atoms with van der Waals surface area (Å²) in [5.74, 6) is -1.61. The molecular weight excluding hydrogens is 1220 g/mol. The van der Waals surface area contributed by atoms with Gasteiger partial charge in [0, 0.05) is 19.3 Å². The molecule has 5 atom stereocenters. The third kappa shape index (κ3) is 69.1. The van der Waals surface area contributed by atoms with Gasteiger partial charge in [0.05, 0.1) is 26.4 Å². The highest BCUT2D eigenvalue weighted by Gasteiger charge is 2.29. The lowest BCUT2D eigenvalue weighted by Gasteiger charge is -2.21. The number of ether oxygens (including phenoxy) is 3. The molecule has 4 N–H and O–H groups in total. The highest BCUT2D eigenvalue weighted by Crippen LogP contribution is 2.45. The molecule has 5 unspecified atom stereocenters. The number of allylic oxidation sites excluding steroid dienone is 20. The Morgan fingerprint density at radius 2 is 0.570 bits per heavy atom. The van der Waals surface area contributed by atoms with Crippen LogP contribution in [0.15, 0.2) is 122 Å². The van der Waals surface area contributed by atoms with Crippen LogP contribution in [0.2, 0.25) is 0 Å². The highest BCUT2D eigenvalue weighted by molar-refractivity contribution is 7.47. The lowest BCUT2D eigenvalue weighted by Crippen LogP contribution is -2.30. The molecule has 0 spiro atoms. The van der Waals surface area contributed by atoms with Crippen LogP contribution in [-0.2, 0) is 55.8 Å². The summed E-state index contributed by atoms with van der Waals surface area (Å²) in [5.41, 5.74) is 0. The lowest BCUT2D eigenvalue weighted by atomic mass is 10.0. The Balaban J connectivity index is 4.62. The average Bonchev–Trinajstić information content (AvgIpc) is 2.84. The van der Waals surface area contributed by atoms with Gasteiger partial charge in [-0.1, -0.05) is 271 Å². The third-order valence-electron chi connectivity index (χ3n) is 14.7. The molecule has 0 aliphatic carbocycles. The van der Waals surface area contributed by atoms with Crippen LogP contribution in [0.25, 0.3) is 0 Å². The van der Waals surface area contributed by atoms with Crippen LogP contribution in [0.3, 0.4) is 0 Å². The Labute approximate surface area is 563 Å². The van der Waals surface area contributed by atoms with Crippen molar-refractivity contribution in [1.29, 1.82) is 0 Å². The molecule has 534 valence electrons. The Bertz CT molecular complexity index is 2180. The van der Waals surface area contributed by atoms with E-state index in [-0.39, 0.29) is 19.3 Å². The molecule has 0 aromatic carbocycles. The van der Waals surface area contributed by atoms with E-state index < -0.39 is 91.5 Å². The van der Waals surface area contributed by atoms with Crippen molar-refractivity contribution in [3.8, 4) is 0 Å². The first-order valence-electron chi connectivity index (χ1n) is 35.8. The van der Waals surface area contributed by atoms with E-state index in [1.807, 2.05) is 0 Å². The van der Waals surface area contributed by atoms with Crippen LogP contribution < -0.4 is 0 Å². The van der Waals surface area contributed by atoms with Gasteiger partial charge in [-0.15, -0.1) is 0 Å². The molecule has 0 aliphatic heterocycles. The molecule has 0 aromatic heterocycles. The minimum atomic E-state index is -4.93. The maximum Gasteiger partial charge on any atom is 0.472 e. The average molecular weight is 1350 g/mol. The topological polar surface area (TPSA) is 231 Å². The van der Waals surface area contributed by atoms with Gasteiger partial charge in [0.1, 0.15) is 25.4 Å². The zero-order valence-electron chi connectivity index (χ0n) is 57.9. The fourth-order valence-corrected chi connectivity index (χ4v) is 10.9. The Morgan fingerprint density at radius 3 is 0.903 bits per heavy atom. The minimum absolute atomic E-state index is 0.0999. The number of rotatable bonds is 67. The molecule has 0 heterocycles. The van der Waals surface area contributed by atoms with E-state index in [0.29, 0.717) is 19.3 Å². The quantitative estimate of drug-likeness (QED) is 0.0146.